The number of rotatable bonds is 9. The molecule has 4 heterocycles. The van der Waals surface area contributed by atoms with Gasteiger partial charge in [0.25, 0.3) is 0 Å². The Morgan fingerprint density at radius 3 is 1.65 bits per heavy atom. The molecule has 0 N–H and O–H groups in total. The van der Waals surface area contributed by atoms with E-state index in [-0.39, 0.29) is 10.8 Å². The first-order valence-electron chi connectivity index (χ1n) is 20.8. The summed E-state index contributed by atoms with van der Waals surface area (Å²) >= 11 is 0. The summed E-state index contributed by atoms with van der Waals surface area (Å²) in [6.45, 7) is 27.7. The van der Waals surface area contributed by atoms with Gasteiger partial charge in [-0.05, 0) is 104 Å². The molecule has 6 aromatic rings. The smallest absolute Gasteiger partial charge is 0.399 e. The summed E-state index contributed by atoms with van der Waals surface area (Å²) in [6.07, 6.45) is 9.36. The molecule has 0 unspecified atom stereocenters. The van der Waals surface area contributed by atoms with E-state index >= 15 is 0 Å². The molecule has 1 saturated heterocycles. The van der Waals surface area contributed by atoms with Crippen molar-refractivity contribution in [1.82, 2.24) is 15.0 Å². The van der Waals surface area contributed by atoms with Crippen LogP contribution >= 0.6 is 0 Å². The first kappa shape index (κ1) is 42.4. The lowest BCUT2D eigenvalue weighted by molar-refractivity contribution is 0.00578. The maximum Gasteiger partial charge on any atom is 0.494 e. The monoisotopic (exact) mass is 792 g/mol. The van der Waals surface area contributed by atoms with Gasteiger partial charge in [0.15, 0.2) is 0 Å². The van der Waals surface area contributed by atoms with Gasteiger partial charge in [-0.2, -0.15) is 0 Å². The van der Waals surface area contributed by atoms with Gasteiger partial charge in [0, 0.05) is 58.2 Å². The van der Waals surface area contributed by atoms with Crippen molar-refractivity contribution < 1.29 is 9.31 Å². The Balaban J connectivity index is 1.32. The molecule has 3 aromatic heterocycles. The third-order valence-corrected chi connectivity index (χ3v) is 12.0. The van der Waals surface area contributed by atoms with Crippen LogP contribution in [0.5, 0.6) is 0 Å². The second-order valence-corrected chi connectivity index (χ2v) is 18.8. The molecule has 0 aliphatic carbocycles. The Morgan fingerprint density at radius 1 is 0.633 bits per heavy atom. The number of aromatic nitrogens is 3. The number of nitrogens with zero attached hydrogens (tertiary/aromatic N) is 4. The van der Waals surface area contributed by atoms with E-state index in [9.17, 15) is 0 Å². The highest BCUT2D eigenvalue weighted by atomic mass is 16.7. The van der Waals surface area contributed by atoms with Gasteiger partial charge in [0.05, 0.1) is 34.0 Å². The molecular weight excluding hydrogens is 735 g/mol. The highest BCUT2D eigenvalue weighted by Gasteiger charge is 2.52. The van der Waals surface area contributed by atoms with Crippen LogP contribution in [0, 0.1) is 5.41 Å². The molecule has 0 saturated carbocycles. The molecule has 60 heavy (non-hydrogen) atoms. The van der Waals surface area contributed by atoms with Gasteiger partial charge >= 0.3 is 7.12 Å². The molecule has 1 aliphatic heterocycles. The maximum atomic E-state index is 6.67. The first-order chi connectivity index (χ1) is 28.3. The van der Waals surface area contributed by atoms with Crippen LogP contribution in [-0.4, -0.2) is 39.0 Å². The zero-order valence-electron chi connectivity index (χ0n) is 37.1. The average Bonchev–Trinajstić information content (AvgIpc) is 3.45. The van der Waals surface area contributed by atoms with E-state index in [0.717, 1.165) is 72.8 Å². The van der Waals surface area contributed by atoms with E-state index < -0.39 is 18.3 Å². The van der Waals surface area contributed by atoms with Gasteiger partial charge in [-0.15, -0.1) is 0 Å². The molecule has 7 heteroatoms. The number of pyridine rings is 3. The molecule has 0 spiro atoms. The third-order valence-electron chi connectivity index (χ3n) is 12.0. The number of benzene rings is 3. The van der Waals surface area contributed by atoms with Crippen molar-refractivity contribution in [2.75, 3.05) is 0 Å². The zero-order valence-corrected chi connectivity index (χ0v) is 37.1. The molecule has 0 amide bonds. The summed E-state index contributed by atoms with van der Waals surface area (Å²) in [7, 11) is -0.573. The van der Waals surface area contributed by atoms with E-state index in [0.29, 0.717) is 0 Å². The number of allylic oxidation sites excluding steroid dienone is 2. The Bertz CT molecular complexity index is 2570. The van der Waals surface area contributed by atoms with Gasteiger partial charge in [0.1, 0.15) is 0 Å². The molecule has 0 atom stereocenters. The summed E-state index contributed by atoms with van der Waals surface area (Å²) in [5.74, 6) is 0. The standard InChI is InChI=1S/C53H57BN4O2/c1-13-55-46(30-35(2)50(3,4)5)36-18-22-38(23-19-36)48-44(16-14-27-57-48)40-31-41(33-43(32-40)54-59-52(9,10)53(11,12)60-54)45-17-15-28-58-49(45)39-24-20-37(21-25-39)47-34-42(26-29-56-47)51(6,7)8/h13-34H,1H2,2-12H3/b35-30+,55-46+. The molecular formula is C53H57BN4O2. The maximum absolute atomic E-state index is 6.67. The summed E-state index contributed by atoms with van der Waals surface area (Å²) in [4.78, 5) is 19.3. The van der Waals surface area contributed by atoms with Crippen molar-refractivity contribution in [3.05, 3.63) is 157 Å². The predicted molar refractivity (Wildman–Crippen MR) is 251 cm³/mol. The van der Waals surface area contributed by atoms with Gasteiger partial charge in [-0.25, -0.2) is 0 Å². The number of aliphatic imine (C=N–C) groups is 1. The fourth-order valence-corrected chi connectivity index (χ4v) is 7.18. The zero-order chi connectivity index (χ0) is 43.0. The van der Waals surface area contributed by atoms with Crippen LogP contribution < -0.4 is 5.46 Å². The molecule has 304 valence electrons. The lowest BCUT2D eigenvalue weighted by atomic mass is 9.76. The van der Waals surface area contributed by atoms with Crippen LogP contribution in [0.15, 0.2) is 151 Å². The van der Waals surface area contributed by atoms with Crippen LogP contribution in [0.3, 0.4) is 0 Å². The summed E-state index contributed by atoms with van der Waals surface area (Å²) in [6, 6.07) is 36.1. The van der Waals surface area contributed by atoms with E-state index in [1.807, 2.05) is 30.7 Å². The van der Waals surface area contributed by atoms with Crippen LogP contribution in [0.1, 0.15) is 87.3 Å². The molecule has 1 aliphatic rings. The Labute approximate surface area is 357 Å². The van der Waals surface area contributed by atoms with Crippen molar-refractivity contribution in [1.29, 1.82) is 0 Å². The van der Waals surface area contributed by atoms with Gasteiger partial charge in [-0.3, -0.25) is 19.9 Å². The Hall–Kier alpha value is -5.76. The topological polar surface area (TPSA) is 69.5 Å². The van der Waals surface area contributed by atoms with Crippen molar-refractivity contribution >= 4 is 18.3 Å². The fourth-order valence-electron chi connectivity index (χ4n) is 7.18. The van der Waals surface area contributed by atoms with Crippen molar-refractivity contribution in [2.45, 2.75) is 92.8 Å². The summed E-state index contributed by atoms with van der Waals surface area (Å²) in [5.41, 5.74) is 14.1. The van der Waals surface area contributed by atoms with Crippen LogP contribution in [0.4, 0.5) is 0 Å². The van der Waals surface area contributed by atoms with Crippen molar-refractivity contribution in [2.24, 2.45) is 10.4 Å². The largest absolute Gasteiger partial charge is 0.494 e. The fraction of sp³-hybridized carbons (Fsp3) is 0.283. The summed E-state index contributed by atoms with van der Waals surface area (Å²) in [5, 5.41) is 0. The SMILES string of the molecule is C=C/N=C(\C=C(/C)C(C)(C)C)c1ccc(-c2ncccc2-c2cc(B3OC(C)(C)C(C)(C)O3)cc(-c3cccnc3-c3ccc(-c4cc(C(C)(C)C)ccn4)cc3)c2)cc1. The van der Waals surface area contributed by atoms with Crippen LogP contribution in [0.2, 0.25) is 0 Å². The van der Waals surface area contributed by atoms with Crippen molar-refractivity contribution in [3.63, 3.8) is 0 Å². The summed E-state index contributed by atoms with van der Waals surface area (Å²) < 4.78 is 13.3. The van der Waals surface area contributed by atoms with E-state index in [1.54, 1.807) is 6.20 Å². The quantitative estimate of drug-likeness (QED) is 0.108. The van der Waals surface area contributed by atoms with E-state index in [2.05, 4.69) is 185 Å². The lowest BCUT2D eigenvalue weighted by Gasteiger charge is -2.32. The Morgan fingerprint density at radius 2 is 1.15 bits per heavy atom. The minimum Gasteiger partial charge on any atom is -0.399 e. The minimum atomic E-state index is -0.573. The third kappa shape index (κ3) is 8.89. The molecule has 7 rings (SSSR count). The minimum absolute atomic E-state index is 0.0241. The van der Waals surface area contributed by atoms with Crippen molar-refractivity contribution in [3.8, 4) is 56.0 Å². The molecule has 0 bridgehead atoms. The molecule has 1 fully saturated rings. The number of hydrogen-bond acceptors (Lipinski definition) is 6. The second kappa shape index (κ2) is 16.4. The van der Waals surface area contributed by atoms with Gasteiger partial charge in [-0.1, -0.05) is 126 Å². The Kier molecular flexibility index (Phi) is 11.6. The van der Waals surface area contributed by atoms with E-state index in [1.165, 1.54) is 11.1 Å². The predicted octanol–water partition coefficient (Wildman–Crippen LogP) is 12.7. The van der Waals surface area contributed by atoms with E-state index in [4.69, 9.17) is 24.3 Å². The molecule has 6 nitrogen and oxygen atoms in total. The second-order valence-electron chi connectivity index (χ2n) is 18.8. The first-order valence-corrected chi connectivity index (χ1v) is 20.8. The van der Waals surface area contributed by atoms with Gasteiger partial charge < -0.3 is 9.31 Å². The van der Waals surface area contributed by atoms with Crippen LogP contribution in [-0.2, 0) is 14.7 Å². The number of hydrogen-bond donors (Lipinski definition) is 0. The molecule has 0 radical (unpaired) electrons. The average molecular weight is 793 g/mol. The van der Waals surface area contributed by atoms with Gasteiger partial charge in [0.2, 0.25) is 0 Å². The van der Waals surface area contributed by atoms with Crippen LogP contribution in [0.25, 0.3) is 56.0 Å². The molecule has 3 aromatic carbocycles. The lowest BCUT2D eigenvalue weighted by Crippen LogP contribution is -2.41. The normalized spacial score (nSPS) is 15.6. The highest BCUT2D eigenvalue weighted by Crippen LogP contribution is 2.40. The highest BCUT2D eigenvalue weighted by molar-refractivity contribution is 6.62.